The number of hydrogen-bond acceptors (Lipinski definition) is 7. The summed E-state index contributed by atoms with van der Waals surface area (Å²) in [5.41, 5.74) is -3.38. The van der Waals surface area contributed by atoms with E-state index in [2.05, 4.69) is 25.3 Å². The molecule has 0 unspecified atom stereocenters. The van der Waals surface area contributed by atoms with Gasteiger partial charge in [0.1, 0.15) is 0 Å². The molecule has 11 nitrogen and oxygen atoms in total. The number of pyridine rings is 1. The van der Waals surface area contributed by atoms with Gasteiger partial charge in [0.05, 0.1) is 25.7 Å². The SMILES string of the molecule is COC(=O)NC12CC(Nc3nc(=O)n(Cc4ccc[nH]c4=O)c(=O)n3Cc3cc(F)c(F)c(F)c3)(C1)C2. The van der Waals surface area contributed by atoms with Gasteiger partial charge in [0.15, 0.2) is 17.5 Å². The summed E-state index contributed by atoms with van der Waals surface area (Å²) in [6.07, 6.45) is 2.21. The van der Waals surface area contributed by atoms with E-state index in [1.165, 1.54) is 25.4 Å². The monoisotopic (exact) mass is 518 g/mol. The number of alkyl carbamates (subject to hydrolysis) is 1. The molecular formula is C23H21F3N6O5. The quantitative estimate of drug-likeness (QED) is 0.397. The van der Waals surface area contributed by atoms with Crippen LogP contribution in [-0.2, 0) is 17.8 Å². The zero-order chi connectivity index (χ0) is 26.5. The third-order valence-electron chi connectivity index (χ3n) is 6.72. The molecule has 1 amide bonds. The number of carbonyl (C=O) groups is 1. The number of ether oxygens (including phenoxy) is 1. The average molecular weight is 518 g/mol. The zero-order valence-corrected chi connectivity index (χ0v) is 19.4. The second-order valence-corrected chi connectivity index (χ2v) is 9.40. The van der Waals surface area contributed by atoms with Crippen molar-refractivity contribution >= 4 is 12.0 Å². The Labute approximate surface area is 205 Å². The van der Waals surface area contributed by atoms with E-state index in [0.29, 0.717) is 23.8 Å². The Kier molecular flexibility index (Phi) is 5.68. The van der Waals surface area contributed by atoms with Gasteiger partial charge in [-0.1, -0.05) is 6.07 Å². The maximum atomic E-state index is 13.9. The van der Waals surface area contributed by atoms with Crippen molar-refractivity contribution in [3.63, 3.8) is 0 Å². The van der Waals surface area contributed by atoms with Crippen molar-refractivity contribution in [2.24, 2.45) is 0 Å². The first kappa shape index (κ1) is 24.3. The number of benzene rings is 1. The Bertz CT molecular complexity index is 1550. The van der Waals surface area contributed by atoms with Crippen molar-refractivity contribution in [2.75, 3.05) is 12.4 Å². The van der Waals surface area contributed by atoms with E-state index in [4.69, 9.17) is 0 Å². The van der Waals surface area contributed by atoms with Crippen molar-refractivity contribution in [3.05, 3.63) is 90.4 Å². The molecule has 3 aliphatic carbocycles. The number of aromatic amines is 1. The molecule has 2 bridgehead atoms. The average Bonchev–Trinajstić information content (AvgIpc) is 2.81. The molecule has 2 heterocycles. The summed E-state index contributed by atoms with van der Waals surface area (Å²) in [4.78, 5) is 56.3. The molecule has 3 aliphatic rings. The van der Waals surface area contributed by atoms with Crippen LogP contribution in [0.1, 0.15) is 30.4 Å². The van der Waals surface area contributed by atoms with Crippen LogP contribution in [0.25, 0.3) is 0 Å². The number of aromatic nitrogens is 4. The van der Waals surface area contributed by atoms with Crippen molar-refractivity contribution < 1.29 is 22.7 Å². The lowest BCUT2D eigenvalue weighted by molar-refractivity contribution is -0.0592. The van der Waals surface area contributed by atoms with Gasteiger partial charge in [0.25, 0.3) is 5.56 Å². The van der Waals surface area contributed by atoms with E-state index in [1.807, 2.05) is 0 Å². The lowest BCUT2D eigenvalue weighted by atomic mass is 9.44. The number of rotatable bonds is 7. The van der Waals surface area contributed by atoms with Gasteiger partial charge in [0.2, 0.25) is 5.95 Å². The number of carbonyl (C=O) groups excluding carboxylic acids is 1. The van der Waals surface area contributed by atoms with Gasteiger partial charge >= 0.3 is 17.5 Å². The molecule has 3 saturated carbocycles. The maximum absolute atomic E-state index is 13.9. The van der Waals surface area contributed by atoms with Gasteiger partial charge in [-0.3, -0.25) is 9.36 Å². The molecule has 3 fully saturated rings. The fourth-order valence-corrected chi connectivity index (χ4v) is 5.09. The summed E-state index contributed by atoms with van der Waals surface area (Å²) in [6, 6.07) is 4.43. The number of H-pyrrole nitrogens is 1. The predicted octanol–water partition coefficient (Wildman–Crippen LogP) is 1.05. The topological polar surface area (TPSA) is 140 Å². The largest absolute Gasteiger partial charge is 0.453 e. The van der Waals surface area contributed by atoms with Gasteiger partial charge < -0.3 is 20.4 Å². The summed E-state index contributed by atoms with van der Waals surface area (Å²) in [5, 5.41) is 5.82. The molecule has 37 heavy (non-hydrogen) atoms. The van der Waals surface area contributed by atoms with Crippen molar-refractivity contribution in [2.45, 2.75) is 43.4 Å². The molecule has 1 aromatic carbocycles. The molecular weight excluding hydrogens is 497 g/mol. The van der Waals surface area contributed by atoms with Crippen LogP contribution in [0.5, 0.6) is 0 Å². The Hall–Kier alpha value is -4.36. The summed E-state index contributed by atoms with van der Waals surface area (Å²) >= 11 is 0. The first-order valence-corrected chi connectivity index (χ1v) is 11.2. The smallest absolute Gasteiger partial charge is 0.407 e. The highest BCUT2D eigenvalue weighted by molar-refractivity contribution is 5.70. The minimum atomic E-state index is -1.65. The molecule has 0 spiro atoms. The Balaban J connectivity index is 1.51. The number of methoxy groups -OCH3 is 1. The minimum absolute atomic E-state index is 0.0902. The number of nitrogens with one attached hydrogen (secondary N) is 3. The van der Waals surface area contributed by atoms with E-state index < -0.39 is 64.7 Å². The van der Waals surface area contributed by atoms with E-state index in [9.17, 15) is 32.3 Å². The second-order valence-electron chi connectivity index (χ2n) is 9.40. The highest BCUT2D eigenvalue weighted by atomic mass is 19.2. The minimum Gasteiger partial charge on any atom is -0.453 e. The van der Waals surface area contributed by atoms with Crippen LogP contribution in [0, 0.1) is 17.5 Å². The Morgan fingerprint density at radius 1 is 1.08 bits per heavy atom. The molecule has 0 aliphatic heterocycles. The summed E-state index contributed by atoms with van der Waals surface area (Å²) < 4.78 is 47.5. The fraction of sp³-hybridized carbons (Fsp3) is 0.348. The molecule has 0 radical (unpaired) electrons. The molecule has 0 atom stereocenters. The molecule has 2 aromatic heterocycles. The lowest BCUT2D eigenvalue weighted by Gasteiger charge is -2.70. The summed E-state index contributed by atoms with van der Waals surface area (Å²) in [6.45, 7) is -0.847. The van der Waals surface area contributed by atoms with Crippen LogP contribution >= 0.6 is 0 Å². The molecule has 6 rings (SSSR count). The third-order valence-corrected chi connectivity index (χ3v) is 6.72. The van der Waals surface area contributed by atoms with Gasteiger partial charge in [-0.2, -0.15) is 4.98 Å². The van der Waals surface area contributed by atoms with Crippen LogP contribution in [0.4, 0.5) is 23.9 Å². The summed E-state index contributed by atoms with van der Waals surface area (Å²) in [7, 11) is 1.25. The highest BCUT2D eigenvalue weighted by Crippen LogP contribution is 2.61. The van der Waals surface area contributed by atoms with E-state index in [-0.39, 0.29) is 17.1 Å². The first-order chi connectivity index (χ1) is 17.5. The van der Waals surface area contributed by atoms with Gasteiger partial charge in [-0.25, -0.2) is 32.1 Å². The number of anilines is 1. The van der Waals surface area contributed by atoms with Crippen molar-refractivity contribution in [3.8, 4) is 0 Å². The second kappa shape index (κ2) is 8.64. The molecule has 194 valence electrons. The molecule has 3 N–H and O–H groups in total. The standard InChI is InChI=1S/C23H21F3N6O5/c1-37-20(35)30-23-9-22(10-23,11-23)29-18-28-19(34)32(8-13-3-2-4-27-17(13)33)21(36)31(18)7-12-5-14(24)16(26)15(25)6-12/h2-6H,7-11H2,1H3,(H,27,33)(H,30,35)(H,28,29,34). The van der Waals surface area contributed by atoms with Crippen LogP contribution in [0.3, 0.4) is 0 Å². The summed E-state index contributed by atoms with van der Waals surface area (Å²) in [5.74, 6) is -4.70. The fourth-order valence-electron chi connectivity index (χ4n) is 5.09. The lowest BCUT2D eigenvalue weighted by Crippen LogP contribution is -2.81. The van der Waals surface area contributed by atoms with Crippen molar-refractivity contribution in [1.29, 1.82) is 0 Å². The molecule has 3 aromatic rings. The maximum Gasteiger partial charge on any atom is 0.407 e. The highest BCUT2D eigenvalue weighted by Gasteiger charge is 2.69. The normalized spacial score (nSPS) is 21.5. The third kappa shape index (κ3) is 4.27. The number of hydrogen-bond donors (Lipinski definition) is 3. The van der Waals surface area contributed by atoms with Gasteiger partial charge in [-0.05, 0) is 43.0 Å². The van der Waals surface area contributed by atoms with Crippen LogP contribution in [0.15, 0.2) is 44.8 Å². The predicted molar refractivity (Wildman–Crippen MR) is 123 cm³/mol. The zero-order valence-electron chi connectivity index (χ0n) is 19.4. The van der Waals surface area contributed by atoms with E-state index in [0.717, 1.165) is 16.7 Å². The van der Waals surface area contributed by atoms with E-state index in [1.54, 1.807) is 0 Å². The van der Waals surface area contributed by atoms with Gasteiger partial charge in [0, 0.05) is 17.3 Å². The van der Waals surface area contributed by atoms with Crippen molar-refractivity contribution in [1.82, 2.24) is 24.4 Å². The molecule has 0 saturated heterocycles. The van der Waals surface area contributed by atoms with Gasteiger partial charge in [-0.15, -0.1) is 0 Å². The number of nitrogens with zero attached hydrogens (tertiary/aromatic N) is 3. The first-order valence-electron chi connectivity index (χ1n) is 11.2. The Morgan fingerprint density at radius 2 is 1.76 bits per heavy atom. The van der Waals surface area contributed by atoms with Crippen LogP contribution < -0.4 is 27.6 Å². The van der Waals surface area contributed by atoms with Crippen LogP contribution in [-0.4, -0.2) is 43.4 Å². The number of halogens is 3. The molecule has 14 heteroatoms. The Morgan fingerprint density at radius 3 is 2.38 bits per heavy atom. The van der Waals surface area contributed by atoms with E-state index >= 15 is 0 Å². The van der Waals surface area contributed by atoms with Crippen LogP contribution in [0.2, 0.25) is 0 Å². The number of amides is 1.